The number of likely N-dealkylation sites (N-methyl/N-ethyl adjacent to an activating group) is 1. The van der Waals surface area contributed by atoms with Crippen molar-refractivity contribution >= 4 is 5.91 Å². The van der Waals surface area contributed by atoms with E-state index in [2.05, 4.69) is 28.1 Å². The molecule has 0 aromatic heterocycles. The predicted octanol–water partition coefficient (Wildman–Crippen LogP) is 1.46. The molecule has 2 atom stereocenters. The van der Waals surface area contributed by atoms with Gasteiger partial charge in [-0.15, -0.1) is 0 Å². The molecule has 0 radical (unpaired) electrons. The Morgan fingerprint density at radius 2 is 1.95 bits per heavy atom. The van der Waals surface area contributed by atoms with Gasteiger partial charge in [0.25, 0.3) is 0 Å². The Labute approximate surface area is 129 Å². The van der Waals surface area contributed by atoms with Gasteiger partial charge < -0.3 is 10.2 Å². The van der Waals surface area contributed by atoms with Crippen LogP contribution in [0.5, 0.6) is 0 Å². The van der Waals surface area contributed by atoms with E-state index in [-0.39, 0.29) is 17.9 Å². The average molecular weight is 294 g/mol. The van der Waals surface area contributed by atoms with Crippen LogP contribution in [0, 0.1) is 17.2 Å². The lowest BCUT2D eigenvalue weighted by atomic mass is 9.89. The highest BCUT2D eigenvalue weighted by atomic mass is 16.2. The highest BCUT2D eigenvalue weighted by molar-refractivity contribution is 5.82. The summed E-state index contributed by atoms with van der Waals surface area (Å²) in [7, 11) is 0. The summed E-state index contributed by atoms with van der Waals surface area (Å²) in [6.45, 7) is 14.8. The van der Waals surface area contributed by atoms with E-state index in [0.717, 1.165) is 39.1 Å². The third-order valence-electron chi connectivity index (χ3n) is 4.77. The minimum Gasteiger partial charge on any atom is -0.336 e. The van der Waals surface area contributed by atoms with Gasteiger partial charge >= 0.3 is 0 Å². The molecule has 1 amide bonds. The fourth-order valence-electron chi connectivity index (χ4n) is 2.52. The van der Waals surface area contributed by atoms with Gasteiger partial charge in [0, 0.05) is 19.6 Å². The Kier molecular flexibility index (Phi) is 6.63. The first-order valence-electron chi connectivity index (χ1n) is 8.03. The van der Waals surface area contributed by atoms with Crippen LogP contribution in [0.4, 0.5) is 0 Å². The van der Waals surface area contributed by atoms with Gasteiger partial charge in [0.2, 0.25) is 5.91 Å². The Balaban J connectivity index is 2.64. The van der Waals surface area contributed by atoms with Gasteiger partial charge in [-0.2, -0.15) is 5.26 Å². The topological polar surface area (TPSA) is 59.4 Å². The van der Waals surface area contributed by atoms with Crippen LogP contribution in [-0.4, -0.2) is 60.0 Å². The molecule has 1 heterocycles. The lowest BCUT2D eigenvalue weighted by molar-refractivity contribution is -0.127. The summed E-state index contributed by atoms with van der Waals surface area (Å²) in [6.07, 6.45) is 1.09. The number of hydrogen-bond donors (Lipinski definition) is 1. The molecule has 0 aromatic carbocycles. The van der Waals surface area contributed by atoms with Gasteiger partial charge in [-0.25, -0.2) is 0 Å². The van der Waals surface area contributed by atoms with E-state index in [4.69, 9.17) is 0 Å². The molecule has 5 nitrogen and oxygen atoms in total. The summed E-state index contributed by atoms with van der Waals surface area (Å²) in [5.74, 6) is 0.0380. The summed E-state index contributed by atoms with van der Waals surface area (Å²) in [4.78, 5) is 17.1. The van der Waals surface area contributed by atoms with Crippen molar-refractivity contribution in [2.45, 2.75) is 52.6 Å². The molecule has 120 valence electrons. The van der Waals surface area contributed by atoms with E-state index in [1.165, 1.54) is 0 Å². The SMILES string of the molecule is CCN1CCCN(C(C)C(=O)NC(C)(C#N)C(C)C)CC1. The molecule has 1 N–H and O–H groups in total. The lowest BCUT2D eigenvalue weighted by Gasteiger charge is -2.32. The fraction of sp³-hybridized carbons (Fsp3) is 0.875. The van der Waals surface area contributed by atoms with Crippen LogP contribution >= 0.6 is 0 Å². The third-order valence-corrected chi connectivity index (χ3v) is 4.77. The number of carbonyl (C=O) groups is 1. The zero-order chi connectivity index (χ0) is 16.0. The number of carbonyl (C=O) groups excluding carboxylic acids is 1. The molecular formula is C16H30N4O. The summed E-state index contributed by atoms with van der Waals surface area (Å²) >= 11 is 0. The van der Waals surface area contributed by atoms with E-state index >= 15 is 0 Å². The maximum Gasteiger partial charge on any atom is 0.238 e. The normalized spacial score (nSPS) is 22.1. The summed E-state index contributed by atoms with van der Waals surface area (Å²) in [5.41, 5.74) is -0.799. The zero-order valence-electron chi connectivity index (χ0n) is 14.1. The van der Waals surface area contributed by atoms with Gasteiger partial charge in [0.15, 0.2) is 0 Å². The van der Waals surface area contributed by atoms with Gasteiger partial charge in [0.1, 0.15) is 5.54 Å². The molecular weight excluding hydrogens is 264 g/mol. The molecule has 2 unspecified atom stereocenters. The van der Waals surface area contributed by atoms with Gasteiger partial charge in [-0.3, -0.25) is 9.69 Å². The van der Waals surface area contributed by atoms with Crippen molar-refractivity contribution in [3.63, 3.8) is 0 Å². The molecule has 5 heteroatoms. The molecule has 1 aliphatic heterocycles. The minimum absolute atomic E-state index is 0.0438. The van der Waals surface area contributed by atoms with Crippen LogP contribution in [0.15, 0.2) is 0 Å². The van der Waals surface area contributed by atoms with Crippen LogP contribution < -0.4 is 5.32 Å². The van der Waals surface area contributed by atoms with Crippen molar-refractivity contribution in [1.82, 2.24) is 15.1 Å². The average Bonchev–Trinajstić information content (AvgIpc) is 2.71. The first kappa shape index (κ1) is 17.9. The summed E-state index contributed by atoms with van der Waals surface area (Å²) < 4.78 is 0. The number of nitrogens with one attached hydrogen (secondary N) is 1. The molecule has 0 aliphatic carbocycles. The third kappa shape index (κ3) is 4.69. The number of nitrogens with zero attached hydrogens (tertiary/aromatic N) is 3. The second kappa shape index (κ2) is 7.77. The fourth-order valence-corrected chi connectivity index (χ4v) is 2.52. The van der Waals surface area contributed by atoms with Crippen molar-refractivity contribution in [3.8, 4) is 6.07 Å². The molecule has 0 aromatic rings. The maximum absolute atomic E-state index is 12.5. The highest BCUT2D eigenvalue weighted by Crippen LogP contribution is 2.16. The highest BCUT2D eigenvalue weighted by Gasteiger charge is 2.33. The van der Waals surface area contributed by atoms with E-state index in [9.17, 15) is 10.1 Å². The van der Waals surface area contributed by atoms with Crippen molar-refractivity contribution in [3.05, 3.63) is 0 Å². The first-order valence-corrected chi connectivity index (χ1v) is 8.03. The molecule has 0 spiro atoms. The standard InChI is InChI=1S/C16H30N4O/c1-6-19-8-7-9-20(11-10-19)14(4)15(21)18-16(5,12-17)13(2)3/h13-14H,6-11H2,1-5H3,(H,18,21). The van der Waals surface area contributed by atoms with E-state index in [0.29, 0.717) is 0 Å². The molecule has 1 saturated heterocycles. The number of hydrogen-bond acceptors (Lipinski definition) is 4. The van der Waals surface area contributed by atoms with Crippen LogP contribution in [0.1, 0.15) is 41.0 Å². The Morgan fingerprint density at radius 1 is 1.29 bits per heavy atom. The monoisotopic (exact) mass is 294 g/mol. The number of rotatable bonds is 5. The van der Waals surface area contributed by atoms with Crippen molar-refractivity contribution in [1.29, 1.82) is 5.26 Å². The lowest BCUT2D eigenvalue weighted by Crippen LogP contribution is -2.55. The second-order valence-electron chi connectivity index (χ2n) is 6.46. The van der Waals surface area contributed by atoms with Crippen LogP contribution in [0.25, 0.3) is 0 Å². The number of nitriles is 1. The van der Waals surface area contributed by atoms with Crippen molar-refractivity contribution < 1.29 is 4.79 Å². The van der Waals surface area contributed by atoms with E-state index in [1.54, 1.807) is 6.92 Å². The largest absolute Gasteiger partial charge is 0.336 e. The quantitative estimate of drug-likeness (QED) is 0.834. The molecule has 0 saturated carbocycles. The zero-order valence-corrected chi connectivity index (χ0v) is 14.1. The molecule has 21 heavy (non-hydrogen) atoms. The minimum atomic E-state index is -0.799. The predicted molar refractivity (Wildman–Crippen MR) is 84.8 cm³/mol. The Hall–Kier alpha value is -1.12. The second-order valence-corrected chi connectivity index (χ2v) is 6.46. The van der Waals surface area contributed by atoms with Gasteiger partial charge in [-0.05, 0) is 39.3 Å². The Bertz CT molecular complexity index is 390. The molecule has 1 fully saturated rings. The van der Waals surface area contributed by atoms with Crippen LogP contribution in [0.2, 0.25) is 0 Å². The van der Waals surface area contributed by atoms with E-state index < -0.39 is 5.54 Å². The summed E-state index contributed by atoms with van der Waals surface area (Å²) in [5, 5.41) is 12.3. The van der Waals surface area contributed by atoms with Crippen molar-refractivity contribution in [2.24, 2.45) is 5.92 Å². The van der Waals surface area contributed by atoms with Crippen LogP contribution in [0.3, 0.4) is 0 Å². The molecule has 0 bridgehead atoms. The Morgan fingerprint density at radius 3 is 2.48 bits per heavy atom. The number of amides is 1. The molecule has 1 rings (SSSR count). The molecule has 1 aliphatic rings. The van der Waals surface area contributed by atoms with Gasteiger partial charge in [0.05, 0.1) is 12.1 Å². The summed E-state index contributed by atoms with van der Waals surface area (Å²) in [6, 6.07) is 2.05. The smallest absolute Gasteiger partial charge is 0.238 e. The maximum atomic E-state index is 12.5. The van der Waals surface area contributed by atoms with E-state index in [1.807, 2.05) is 20.8 Å². The van der Waals surface area contributed by atoms with Gasteiger partial charge in [-0.1, -0.05) is 20.8 Å². The first-order chi connectivity index (χ1) is 9.84. The van der Waals surface area contributed by atoms with Crippen LogP contribution in [-0.2, 0) is 4.79 Å². The van der Waals surface area contributed by atoms with Crippen molar-refractivity contribution in [2.75, 3.05) is 32.7 Å².